The zero-order chi connectivity index (χ0) is 14.9. The van der Waals surface area contributed by atoms with Crippen molar-refractivity contribution < 1.29 is 5.11 Å². The minimum atomic E-state index is 0.142. The van der Waals surface area contributed by atoms with E-state index in [4.69, 9.17) is 5.11 Å². The summed E-state index contributed by atoms with van der Waals surface area (Å²) in [7, 11) is 0. The lowest BCUT2D eigenvalue weighted by molar-refractivity contribution is 0.205. The van der Waals surface area contributed by atoms with Crippen LogP contribution in [0.4, 0.5) is 0 Å². The lowest BCUT2D eigenvalue weighted by Gasteiger charge is -2.17. The minimum Gasteiger partial charge on any atom is -0.395 e. The number of aromatic nitrogens is 2. The predicted molar refractivity (Wildman–Crippen MR) is 83.6 cm³/mol. The van der Waals surface area contributed by atoms with Gasteiger partial charge in [0.25, 0.3) is 0 Å². The fraction of sp³-hybridized carbons (Fsp3) is 0.353. The Labute approximate surface area is 126 Å². The van der Waals surface area contributed by atoms with Crippen LogP contribution in [0.3, 0.4) is 0 Å². The lowest BCUT2D eigenvalue weighted by Crippen LogP contribution is -2.26. The highest BCUT2D eigenvalue weighted by Crippen LogP contribution is 2.06. The minimum absolute atomic E-state index is 0.142. The quantitative estimate of drug-likeness (QED) is 0.787. The molecule has 0 saturated carbocycles. The average Bonchev–Trinajstić information content (AvgIpc) is 2.93. The summed E-state index contributed by atoms with van der Waals surface area (Å²) in [6.07, 6.45) is 3.93. The lowest BCUT2D eigenvalue weighted by atomic mass is 10.2. The van der Waals surface area contributed by atoms with Crippen LogP contribution in [0.15, 0.2) is 42.7 Å². The summed E-state index contributed by atoms with van der Waals surface area (Å²) in [5, 5.41) is 13.5. The predicted octanol–water partition coefficient (Wildman–Crippen LogP) is 1.75. The van der Waals surface area contributed by atoms with Gasteiger partial charge in [-0.3, -0.25) is 9.58 Å². The smallest absolute Gasteiger partial charge is 0.0659 e. The molecule has 0 fully saturated rings. The summed E-state index contributed by atoms with van der Waals surface area (Å²) in [6.45, 7) is 4.79. The molecule has 0 aliphatic heterocycles. The molecule has 0 spiro atoms. The first-order valence-corrected chi connectivity index (χ1v) is 7.10. The van der Waals surface area contributed by atoms with Gasteiger partial charge in [-0.05, 0) is 12.5 Å². The van der Waals surface area contributed by atoms with Gasteiger partial charge in [0.2, 0.25) is 0 Å². The normalized spacial score (nSPS) is 10.4. The Kier molecular flexibility index (Phi) is 6.01. The Morgan fingerprint density at radius 3 is 2.76 bits per heavy atom. The van der Waals surface area contributed by atoms with E-state index in [1.165, 1.54) is 5.56 Å². The summed E-state index contributed by atoms with van der Waals surface area (Å²) in [4.78, 5) is 2.11. The van der Waals surface area contributed by atoms with Gasteiger partial charge in [0.15, 0.2) is 0 Å². The van der Waals surface area contributed by atoms with Crippen molar-refractivity contribution in [2.45, 2.75) is 20.0 Å². The van der Waals surface area contributed by atoms with E-state index < -0.39 is 0 Å². The van der Waals surface area contributed by atoms with Crippen molar-refractivity contribution >= 4 is 0 Å². The molecule has 1 aromatic carbocycles. The summed E-state index contributed by atoms with van der Waals surface area (Å²) in [5.41, 5.74) is 2.37. The molecular weight excluding hydrogens is 262 g/mol. The summed E-state index contributed by atoms with van der Waals surface area (Å²) >= 11 is 0. The SMILES string of the molecule is CC#CCN(CCO)Cc1cnn(Cc2ccccc2)c1. The molecule has 21 heavy (non-hydrogen) atoms. The van der Waals surface area contributed by atoms with E-state index in [1.54, 1.807) is 0 Å². The van der Waals surface area contributed by atoms with Crippen LogP contribution in [-0.2, 0) is 13.1 Å². The Morgan fingerprint density at radius 1 is 1.24 bits per heavy atom. The highest BCUT2D eigenvalue weighted by Gasteiger charge is 2.06. The van der Waals surface area contributed by atoms with Gasteiger partial charge in [-0.15, -0.1) is 5.92 Å². The molecule has 0 saturated heterocycles. The standard InChI is InChI=1S/C17H21N3O/c1-2-3-9-19(10-11-21)13-17-12-18-20(15-17)14-16-7-5-4-6-8-16/h4-8,12,15,21H,9-11,13-14H2,1H3. The van der Waals surface area contributed by atoms with Crippen molar-refractivity contribution in [1.82, 2.24) is 14.7 Å². The molecule has 0 amide bonds. The van der Waals surface area contributed by atoms with Gasteiger partial charge in [-0.2, -0.15) is 5.10 Å². The molecule has 1 heterocycles. The van der Waals surface area contributed by atoms with Gasteiger partial charge in [-0.25, -0.2) is 0 Å². The van der Waals surface area contributed by atoms with Gasteiger partial charge < -0.3 is 5.11 Å². The Bertz CT molecular complexity index is 595. The maximum atomic E-state index is 9.10. The van der Waals surface area contributed by atoms with Crippen LogP contribution in [0, 0.1) is 11.8 Å². The van der Waals surface area contributed by atoms with Crippen LogP contribution in [0.25, 0.3) is 0 Å². The highest BCUT2D eigenvalue weighted by molar-refractivity contribution is 5.15. The second kappa shape index (κ2) is 8.25. The topological polar surface area (TPSA) is 41.3 Å². The van der Waals surface area contributed by atoms with Gasteiger partial charge in [0.1, 0.15) is 0 Å². The van der Waals surface area contributed by atoms with Crippen molar-refractivity contribution in [3.63, 3.8) is 0 Å². The first-order chi connectivity index (χ1) is 10.3. The summed E-state index contributed by atoms with van der Waals surface area (Å²) in [5.74, 6) is 5.92. The monoisotopic (exact) mass is 283 g/mol. The molecule has 1 N–H and O–H groups in total. The van der Waals surface area contributed by atoms with Crippen molar-refractivity contribution in [2.24, 2.45) is 0 Å². The third-order valence-electron chi connectivity index (χ3n) is 3.18. The molecule has 0 aliphatic rings. The van der Waals surface area contributed by atoms with E-state index in [9.17, 15) is 0 Å². The number of aliphatic hydroxyl groups excluding tert-OH is 1. The van der Waals surface area contributed by atoms with E-state index in [0.717, 1.165) is 18.7 Å². The maximum absolute atomic E-state index is 9.10. The van der Waals surface area contributed by atoms with E-state index in [1.807, 2.05) is 36.0 Å². The first kappa shape index (κ1) is 15.3. The van der Waals surface area contributed by atoms with Crippen LogP contribution in [-0.4, -0.2) is 39.5 Å². The highest BCUT2D eigenvalue weighted by atomic mass is 16.3. The van der Waals surface area contributed by atoms with Gasteiger partial charge in [0.05, 0.1) is 25.9 Å². The van der Waals surface area contributed by atoms with Crippen molar-refractivity contribution in [3.8, 4) is 11.8 Å². The Morgan fingerprint density at radius 2 is 2.05 bits per heavy atom. The molecule has 4 heteroatoms. The van der Waals surface area contributed by atoms with Gasteiger partial charge in [-0.1, -0.05) is 36.3 Å². The second-order valence-corrected chi connectivity index (χ2v) is 4.89. The fourth-order valence-corrected chi connectivity index (χ4v) is 2.15. The van der Waals surface area contributed by atoms with Crippen molar-refractivity contribution in [1.29, 1.82) is 0 Å². The Balaban J connectivity index is 1.96. The number of nitrogens with zero attached hydrogens (tertiary/aromatic N) is 3. The molecule has 2 rings (SSSR count). The van der Waals surface area contributed by atoms with Gasteiger partial charge in [0, 0.05) is 24.8 Å². The third-order valence-corrected chi connectivity index (χ3v) is 3.18. The number of aliphatic hydroxyl groups is 1. The fourth-order valence-electron chi connectivity index (χ4n) is 2.15. The maximum Gasteiger partial charge on any atom is 0.0659 e. The third kappa shape index (κ3) is 5.07. The molecule has 2 aromatic rings. The number of hydrogen-bond acceptors (Lipinski definition) is 3. The number of hydrogen-bond donors (Lipinski definition) is 1. The van der Waals surface area contributed by atoms with Crippen LogP contribution < -0.4 is 0 Å². The molecule has 0 aliphatic carbocycles. The summed E-state index contributed by atoms with van der Waals surface area (Å²) < 4.78 is 1.94. The molecule has 0 unspecified atom stereocenters. The van der Waals surface area contributed by atoms with Crippen LogP contribution >= 0.6 is 0 Å². The molecule has 1 aromatic heterocycles. The van der Waals surface area contributed by atoms with Crippen LogP contribution in [0.1, 0.15) is 18.1 Å². The Hall–Kier alpha value is -2.09. The van der Waals surface area contributed by atoms with E-state index in [-0.39, 0.29) is 6.61 Å². The zero-order valence-electron chi connectivity index (χ0n) is 12.4. The zero-order valence-corrected chi connectivity index (χ0v) is 12.4. The molecule has 0 atom stereocenters. The van der Waals surface area contributed by atoms with Crippen LogP contribution in [0.2, 0.25) is 0 Å². The number of benzene rings is 1. The van der Waals surface area contributed by atoms with Crippen molar-refractivity contribution in [3.05, 3.63) is 53.9 Å². The molecule has 0 radical (unpaired) electrons. The number of rotatable bonds is 7. The van der Waals surface area contributed by atoms with E-state index in [0.29, 0.717) is 13.1 Å². The van der Waals surface area contributed by atoms with E-state index >= 15 is 0 Å². The molecule has 110 valence electrons. The second-order valence-electron chi connectivity index (χ2n) is 4.89. The molecule has 4 nitrogen and oxygen atoms in total. The summed E-state index contributed by atoms with van der Waals surface area (Å²) in [6, 6.07) is 10.3. The average molecular weight is 283 g/mol. The molecular formula is C17H21N3O. The van der Waals surface area contributed by atoms with Gasteiger partial charge >= 0.3 is 0 Å². The molecule has 0 bridgehead atoms. The first-order valence-electron chi connectivity index (χ1n) is 7.10. The van der Waals surface area contributed by atoms with Crippen LogP contribution in [0.5, 0.6) is 0 Å². The van der Waals surface area contributed by atoms with Crippen molar-refractivity contribution in [2.75, 3.05) is 19.7 Å². The largest absolute Gasteiger partial charge is 0.395 e. The van der Waals surface area contributed by atoms with E-state index in [2.05, 4.69) is 40.2 Å².